The predicted octanol–water partition coefficient (Wildman–Crippen LogP) is 6.67. The van der Waals surface area contributed by atoms with Gasteiger partial charge < -0.3 is 30.4 Å². The summed E-state index contributed by atoms with van der Waals surface area (Å²) in [6.07, 6.45) is -1.93. The molecule has 0 amide bonds. The van der Waals surface area contributed by atoms with Crippen LogP contribution in [-0.4, -0.2) is 43.7 Å². The Kier molecular flexibility index (Phi) is 12.8. The lowest BCUT2D eigenvalue weighted by Crippen LogP contribution is -2.33. The summed E-state index contributed by atoms with van der Waals surface area (Å²) in [5, 5.41) is 0. The van der Waals surface area contributed by atoms with E-state index in [1.165, 1.54) is 36.4 Å². The Balaban J connectivity index is 1.28. The van der Waals surface area contributed by atoms with Crippen LogP contribution in [0.15, 0.2) is 72.8 Å². The maximum absolute atomic E-state index is 13.0. The average molecular weight is 633 g/mol. The molecule has 45 heavy (non-hydrogen) atoms. The van der Waals surface area contributed by atoms with Crippen molar-refractivity contribution in [1.29, 1.82) is 0 Å². The molecule has 0 aliphatic carbocycles. The molecule has 0 radical (unpaired) electrons. The van der Waals surface area contributed by atoms with E-state index < -0.39 is 36.2 Å². The van der Waals surface area contributed by atoms with Crippen molar-refractivity contribution in [3.8, 4) is 11.5 Å². The molecule has 4 N–H and O–H groups in total. The van der Waals surface area contributed by atoms with Crippen molar-refractivity contribution in [3.05, 3.63) is 89.5 Å². The molecule has 0 aliphatic heterocycles. The lowest BCUT2D eigenvalue weighted by Gasteiger charge is -2.16. The SMILES string of the molecule is Nc1cc(N)cc(C(=O)OCCCCCCCOC(=O)C=Cc2ccc(OC(=O)c3ccc(OC(F)(F)C(F)F)cc3)cc2)c1. The van der Waals surface area contributed by atoms with E-state index >= 15 is 0 Å². The van der Waals surface area contributed by atoms with Gasteiger partial charge in [-0.3, -0.25) is 0 Å². The molecule has 3 aromatic rings. The first kappa shape index (κ1) is 34.4. The second-order valence-electron chi connectivity index (χ2n) is 9.74. The highest BCUT2D eigenvalue weighted by Gasteiger charge is 2.43. The molecular weight excluding hydrogens is 600 g/mol. The van der Waals surface area contributed by atoms with Crippen LogP contribution < -0.4 is 20.9 Å². The molecule has 3 aromatic carbocycles. The van der Waals surface area contributed by atoms with Gasteiger partial charge in [-0.25, -0.2) is 14.4 Å². The van der Waals surface area contributed by atoms with Crippen molar-refractivity contribution < 1.29 is 50.9 Å². The molecule has 9 nitrogen and oxygen atoms in total. The van der Waals surface area contributed by atoms with E-state index in [0.717, 1.165) is 43.5 Å². The Morgan fingerprint density at radius 3 is 1.87 bits per heavy atom. The van der Waals surface area contributed by atoms with E-state index in [1.807, 2.05) is 0 Å². The number of rotatable bonds is 16. The smallest absolute Gasteiger partial charge is 0.461 e. The molecule has 0 atom stereocenters. The molecule has 0 fully saturated rings. The van der Waals surface area contributed by atoms with Gasteiger partial charge in [-0.2, -0.15) is 17.6 Å². The van der Waals surface area contributed by atoms with Gasteiger partial charge in [0.15, 0.2) is 0 Å². The van der Waals surface area contributed by atoms with Crippen molar-refractivity contribution in [3.63, 3.8) is 0 Å². The Morgan fingerprint density at radius 2 is 1.27 bits per heavy atom. The van der Waals surface area contributed by atoms with Gasteiger partial charge in [0.2, 0.25) is 0 Å². The number of nitrogens with two attached hydrogens (primary N) is 2. The van der Waals surface area contributed by atoms with Crippen LogP contribution in [0.5, 0.6) is 11.5 Å². The first-order valence-corrected chi connectivity index (χ1v) is 13.9. The number of hydrogen-bond donors (Lipinski definition) is 2. The summed E-state index contributed by atoms with van der Waals surface area (Å²) in [7, 11) is 0. The van der Waals surface area contributed by atoms with Gasteiger partial charge >= 0.3 is 30.4 Å². The molecule has 0 saturated heterocycles. The van der Waals surface area contributed by atoms with Crippen LogP contribution in [0.1, 0.15) is 58.4 Å². The lowest BCUT2D eigenvalue weighted by molar-refractivity contribution is -0.253. The van der Waals surface area contributed by atoms with Crippen LogP contribution in [0.2, 0.25) is 0 Å². The zero-order chi connectivity index (χ0) is 32.8. The maximum atomic E-state index is 13.0. The number of esters is 3. The molecule has 13 heteroatoms. The lowest BCUT2D eigenvalue weighted by atomic mass is 10.1. The normalized spacial score (nSPS) is 11.4. The predicted molar refractivity (Wildman–Crippen MR) is 158 cm³/mol. The minimum Gasteiger partial charge on any atom is -0.463 e. The van der Waals surface area contributed by atoms with Gasteiger partial charge in [0.25, 0.3) is 0 Å². The number of anilines is 2. The first-order chi connectivity index (χ1) is 21.4. The minimum atomic E-state index is -4.66. The van der Waals surface area contributed by atoms with Crippen molar-refractivity contribution in [2.75, 3.05) is 24.7 Å². The van der Waals surface area contributed by atoms with Crippen molar-refractivity contribution in [2.45, 2.75) is 44.6 Å². The topological polar surface area (TPSA) is 140 Å². The van der Waals surface area contributed by atoms with E-state index in [1.54, 1.807) is 18.2 Å². The number of alkyl halides is 4. The second-order valence-corrected chi connectivity index (χ2v) is 9.74. The maximum Gasteiger partial charge on any atom is 0.461 e. The quantitative estimate of drug-likeness (QED) is 0.0442. The van der Waals surface area contributed by atoms with Gasteiger partial charge in [0.1, 0.15) is 11.5 Å². The molecule has 0 spiro atoms. The number of carbonyl (C=O) groups excluding carboxylic acids is 3. The summed E-state index contributed by atoms with van der Waals surface area (Å²) in [6, 6.07) is 14.8. The third-order valence-corrected chi connectivity index (χ3v) is 6.08. The van der Waals surface area contributed by atoms with Gasteiger partial charge in [-0.15, -0.1) is 0 Å². The standard InChI is InChI=1S/C32H32F4N2O7/c33-31(34)32(35,36)45-27-13-9-22(10-14-27)30(41)44-26-11-6-21(7-12-26)8-15-28(39)42-16-4-2-1-3-5-17-43-29(40)23-18-24(37)20-25(38)19-23/h6-15,18-20,31H,1-5,16-17,37-38H2. The van der Waals surface area contributed by atoms with Crippen LogP contribution in [0.3, 0.4) is 0 Å². The fraction of sp³-hybridized carbons (Fsp3) is 0.281. The molecule has 0 saturated carbocycles. The molecule has 0 bridgehead atoms. The van der Waals surface area contributed by atoms with E-state index in [4.69, 9.17) is 25.7 Å². The number of benzene rings is 3. The highest BCUT2D eigenvalue weighted by molar-refractivity contribution is 5.92. The number of unbranched alkanes of at least 4 members (excludes halogenated alkanes) is 4. The first-order valence-electron chi connectivity index (χ1n) is 13.9. The van der Waals surface area contributed by atoms with Gasteiger partial charge in [0, 0.05) is 17.5 Å². The number of hydrogen-bond acceptors (Lipinski definition) is 9. The summed E-state index contributed by atoms with van der Waals surface area (Å²) in [5.41, 5.74) is 13.1. The fourth-order valence-corrected chi connectivity index (χ4v) is 3.84. The van der Waals surface area contributed by atoms with Crippen LogP contribution in [0.25, 0.3) is 6.08 Å². The highest BCUT2D eigenvalue weighted by atomic mass is 19.3. The number of ether oxygens (including phenoxy) is 4. The Hall–Kier alpha value is -5.07. The molecule has 0 aromatic heterocycles. The van der Waals surface area contributed by atoms with Crippen molar-refractivity contribution >= 4 is 35.4 Å². The zero-order valence-electron chi connectivity index (χ0n) is 24.1. The molecule has 240 valence electrons. The molecular formula is C32H32F4N2O7. The summed E-state index contributed by atoms with van der Waals surface area (Å²) < 4.78 is 70.1. The molecule has 0 heterocycles. The number of halogens is 4. The van der Waals surface area contributed by atoms with Gasteiger partial charge in [-0.05, 0) is 79.1 Å². The van der Waals surface area contributed by atoms with E-state index in [-0.39, 0.29) is 24.5 Å². The van der Waals surface area contributed by atoms with Crippen LogP contribution in [0.4, 0.5) is 28.9 Å². The van der Waals surface area contributed by atoms with Gasteiger partial charge in [-0.1, -0.05) is 31.4 Å². The van der Waals surface area contributed by atoms with E-state index in [0.29, 0.717) is 35.3 Å². The number of carbonyl (C=O) groups is 3. The molecule has 0 unspecified atom stereocenters. The number of nitrogen functional groups attached to an aromatic ring is 2. The summed E-state index contributed by atoms with van der Waals surface area (Å²) in [6.45, 7) is 0.533. The third kappa shape index (κ3) is 11.9. The van der Waals surface area contributed by atoms with E-state index in [9.17, 15) is 31.9 Å². The second kappa shape index (κ2) is 16.7. The largest absolute Gasteiger partial charge is 0.463 e. The third-order valence-electron chi connectivity index (χ3n) is 6.08. The summed E-state index contributed by atoms with van der Waals surface area (Å²) in [4.78, 5) is 36.3. The monoisotopic (exact) mass is 632 g/mol. The van der Waals surface area contributed by atoms with Gasteiger partial charge in [0.05, 0.1) is 24.3 Å². The summed E-state index contributed by atoms with van der Waals surface area (Å²) in [5.74, 6) is -2.16. The zero-order valence-corrected chi connectivity index (χ0v) is 24.1. The highest BCUT2D eigenvalue weighted by Crippen LogP contribution is 2.27. The minimum absolute atomic E-state index is 0.0172. The molecule has 0 aliphatic rings. The summed E-state index contributed by atoms with van der Waals surface area (Å²) >= 11 is 0. The Labute approximate surface area is 256 Å². The Morgan fingerprint density at radius 1 is 0.711 bits per heavy atom. The Bertz CT molecular complexity index is 1440. The van der Waals surface area contributed by atoms with Crippen molar-refractivity contribution in [2.24, 2.45) is 0 Å². The van der Waals surface area contributed by atoms with Crippen LogP contribution in [-0.2, 0) is 14.3 Å². The van der Waals surface area contributed by atoms with Crippen molar-refractivity contribution in [1.82, 2.24) is 0 Å². The van der Waals surface area contributed by atoms with Crippen LogP contribution in [0, 0.1) is 0 Å². The fourth-order valence-electron chi connectivity index (χ4n) is 3.84. The molecule has 3 rings (SSSR count). The van der Waals surface area contributed by atoms with E-state index in [2.05, 4.69) is 4.74 Å². The van der Waals surface area contributed by atoms with Crippen LogP contribution >= 0.6 is 0 Å². The average Bonchev–Trinajstić information content (AvgIpc) is 2.99.